The standard InChI is InChI=1S/C33H61NO6/c1-5-9-10-11-12-13-14-15-16-17-18-19-20-21-22-23-27-34(28(24-6-2)31(35)36,29(25-7-3)32(37)38)30(26-8-4)33(39)40/h20-21,28-30H,5-19,22-27H2,1-4H3,(H2-,35,36,37,38,39,40)/p+1/b21-20+. The zero-order valence-corrected chi connectivity index (χ0v) is 26.2. The topological polar surface area (TPSA) is 112 Å². The predicted octanol–water partition coefficient (Wildman–Crippen LogP) is 8.60. The summed E-state index contributed by atoms with van der Waals surface area (Å²) in [5, 5.41) is 30.8. The Morgan fingerprint density at radius 2 is 0.825 bits per heavy atom. The number of unbranched alkanes of at least 4 members (excludes halogenated alkanes) is 12. The van der Waals surface area contributed by atoms with Gasteiger partial charge in [0, 0.05) is 25.7 Å². The molecule has 0 rings (SSSR count). The number of rotatable bonds is 28. The largest absolute Gasteiger partial charge is 0.477 e. The van der Waals surface area contributed by atoms with E-state index in [2.05, 4.69) is 19.1 Å². The molecule has 0 spiro atoms. The molecule has 3 N–H and O–H groups in total. The summed E-state index contributed by atoms with van der Waals surface area (Å²) in [5.41, 5.74) is 0. The van der Waals surface area contributed by atoms with E-state index >= 15 is 0 Å². The van der Waals surface area contributed by atoms with E-state index in [1.807, 2.05) is 20.8 Å². The molecule has 0 heterocycles. The van der Waals surface area contributed by atoms with Crippen molar-refractivity contribution in [3.8, 4) is 0 Å². The van der Waals surface area contributed by atoms with Crippen LogP contribution in [-0.2, 0) is 14.4 Å². The van der Waals surface area contributed by atoms with Crippen LogP contribution in [0.2, 0.25) is 0 Å². The zero-order chi connectivity index (χ0) is 30.2. The minimum Gasteiger partial charge on any atom is -0.477 e. The Morgan fingerprint density at radius 1 is 0.500 bits per heavy atom. The molecule has 0 saturated heterocycles. The van der Waals surface area contributed by atoms with Gasteiger partial charge in [-0.1, -0.05) is 104 Å². The summed E-state index contributed by atoms with van der Waals surface area (Å²) < 4.78 is -0.401. The van der Waals surface area contributed by atoms with Crippen LogP contribution in [0.25, 0.3) is 0 Å². The van der Waals surface area contributed by atoms with Crippen molar-refractivity contribution >= 4 is 17.9 Å². The molecule has 0 aromatic heterocycles. The third-order valence-corrected chi connectivity index (χ3v) is 8.34. The zero-order valence-electron chi connectivity index (χ0n) is 26.2. The molecular weight excluding hydrogens is 506 g/mol. The number of quaternary nitrogens is 1. The van der Waals surface area contributed by atoms with Gasteiger partial charge in [-0.2, -0.15) is 0 Å². The minimum atomic E-state index is -1.10. The molecule has 7 nitrogen and oxygen atoms in total. The van der Waals surface area contributed by atoms with E-state index in [9.17, 15) is 29.7 Å². The van der Waals surface area contributed by atoms with Crippen LogP contribution in [0.4, 0.5) is 0 Å². The lowest BCUT2D eigenvalue weighted by Gasteiger charge is -2.50. The molecule has 0 aliphatic rings. The van der Waals surface area contributed by atoms with E-state index < -0.39 is 40.5 Å². The van der Waals surface area contributed by atoms with Crippen LogP contribution >= 0.6 is 0 Å². The highest BCUT2D eigenvalue weighted by Gasteiger charge is 2.56. The number of allylic oxidation sites excluding steroid dienone is 2. The molecule has 40 heavy (non-hydrogen) atoms. The lowest BCUT2D eigenvalue weighted by Crippen LogP contribution is -2.72. The fraction of sp³-hybridized carbons (Fsp3) is 0.848. The Hall–Kier alpha value is -1.89. The summed E-state index contributed by atoms with van der Waals surface area (Å²) in [5.74, 6) is -3.30. The SMILES string of the molecule is CCCCCCCCCCCCC/C=C/CCC[N+](C(CCC)C(=O)O)(C(CCC)C(=O)O)C(CCC)C(=O)O. The molecule has 0 radical (unpaired) electrons. The van der Waals surface area contributed by atoms with Gasteiger partial charge in [0.2, 0.25) is 0 Å². The predicted molar refractivity (Wildman–Crippen MR) is 164 cm³/mol. The Balaban J connectivity index is 5.19. The van der Waals surface area contributed by atoms with Gasteiger partial charge in [0.05, 0.1) is 6.54 Å². The molecule has 0 amide bonds. The molecule has 3 unspecified atom stereocenters. The van der Waals surface area contributed by atoms with E-state index in [0.717, 1.165) is 12.8 Å². The second-order valence-electron chi connectivity index (χ2n) is 11.6. The molecule has 234 valence electrons. The maximum Gasteiger partial charge on any atom is 0.362 e. The first kappa shape index (κ1) is 38.1. The van der Waals surface area contributed by atoms with E-state index in [1.165, 1.54) is 64.2 Å². The second-order valence-corrected chi connectivity index (χ2v) is 11.6. The molecule has 0 aromatic carbocycles. The number of carboxylic acid groups (broad SMARTS) is 3. The highest BCUT2D eigenvalue weighted by Crippen LogP contribution is 2.34. The highest BCUT2D eigenvalue weighted by molar-refractivity contribution is 5.78. The summed E-state index contributed by atoms with van der Waals surface area (Å²) in [6.07, 6.45) is 23.4. The molecule has 0 aliphatic carbocycles. The van der Waals surface area contributed by atoms with Crippen molar-refractivity contribution in [2.24, 2.45) is 0 Å². The van der Waals surface area contributed by atoms with Crippen molar-refractivity contribution in [2.45, 2.75) is 174 Å². The average molecular weight is 569 g/mol. The Morgan fingerprint density at radius 3 is 1.15 bits per heavy atom. The van der Waals surface area contributed by atoms with E-state index in [-0.39, 0.29) is 25.8 Å². The smallest absolute Gasteiger partial charge is 0.362 e. The van der Waals surface area contributed by atoms with Crippen molar-refractivity contribution in [1.29, 1.82) is 0 Å². The van der Waals surface area contributed by atoms with Crippen molar-refractivity contribution < 1.29 is 34.2 Å². The maximum atomic E-state index is 12.6. The molecule has 0 bridgehead atoms. The Kier molecular flexibility index (Phi) is 22.7. The third kappa shape index (κ3) is 14.1. The first-order valence-electron chi connectivity index (χ1n) is 16.4. The maximum absolute atomic E-state index is 12.6. The second kappa shape index (κ2) is 23.8. The first-order valence-corrected chi connectivity index (χ1v) is 16.4. The molecule has 0 fully saturated rings. The molecular formula is C33H62NO6+. The summed E-state index contributed by atoms with van der Waals surface area (Å²) in [7, 11) is 0. The van der Waals surface area contributed by atoms with Gasteiger partial charge < -0.3 is 15.3 Å². The molecule has 0 aromatic rings. The normalized spacial score (nSPS) is 15.5. The highest BCUT2D eigenvalue weighted by atomic mass is 16.4. The summed E-state index contributed by atoms with van der Waals surface area (Å²) in [6, 6.07) is -3.19. The van der Waals surface area contributed by atoms with Crippen LogP contribution in [0.5, 0.6) is 0 Å². The van der Waals surface area contributed by atoms with Crippen LogP contribution in [0, 0.1) is 0 Å². The van der Waals surface area contributed by atoms with Crippen molar-refractivity contribution in [3.05, 3.63) is 12.2 Å². The number of hydrogen-bond donors (Lipinski definition) is 3. The summed E-state index contributed by atoms with van der Waals surface area (Å²) in [4.78, 5) is 37.7. The van der Waals surface area contributed by atoms with Gasteiger partial charge >= 0.3 is 17.9 Å². The third-order valence-electron chi connectivity index (χ3n) is 8.34. The minimum absolute atomic E-state index is 0.230. The van der Waals surface area contributed by atoms with Crippen LogP contribution < -0.4 is 0 Å². The van der Waals surface area contributed by atoms with E-state index in [1.54, 1.807) is 0 Å². The van der Waals surface area contributed by atoms with Crippen LogP contribution in [-0.4, -0.2) is 62.4 Å². The molecule has 0 aliphatic heterocycles. The molecule has 3 atom stereocenters. The Labute approximate surface area is 245 Å². The molecule has 7 heteroatoms. The van der Waals surface area contributed by atoms with Crippen molar-refractivity contribution in [1.82, 2.24) is 0 Å². The fourth-order valence-electron chi connectivity index (χ4n) is 6.29. The number of aliphatic carboxylic acids is 3. The van der Waals surface area contributed by atoms with Crippen LogP contribution in [0.1, 0.15) is 156 Å². The lowest BCUT2D eigenvalue weighted by atomic mass is 9.91. The summed E-state index contributed by atoms with van der Waals surface area (Å²) in [6.45, 7) is 8.08. The van der Waals surface area contributed by atoms with Gasteiger partial charge in [0.15, 0.2) is 18.1 Å². The van der Waals surface area contributed by atoms with E-state index in [4.69, 9.17) is 0 Å². The number of carbonyl (C=O) groups is 3. The monoisotopic (exact) mass is 568 g/mol. The van der Waals surface area contributed by atoms with E-state index in [0.29, 0.717) is 32.1 Å². The van der Waals surface area contributed by atoms with Gasteiger partial charge in [-0.25, -0.2) is 14.4 Å². The van der Waals surface area contributed by atoms with Crippen molar-refractivity contribution in [3.63, 3.8) is 0 Å². The number of hydrogen-bond acceptors (Lipinski definition) is 3. The summed E-state index contributed by atoms with van der Waals surface area (Å²) >= 11 is 0. The molecule has 0 saturated carbocycles. The number of carboxylic acids is 3. The van der Waals surface area contributed by atoms with Gasteiger partial charge in [-0.15, -0.1) is 0 Å². The quantitative estimate of drug-likeness (QED) is 0.0495. The first-order chi connectivity index (χ1) is 19.2. The average Bonchev–Trinajstić information content (AvgIpc) is 2.91. The fourth-order valence-corrected chi connectivity index (χ4v) is 6.29. The van der Waals surface area contributed by atoms with Crippen LogP contribution in [0.15, 0.2) is 12.2 Å². The Bertz CT molecular complexity index is 647. The van der Waals surface area contributed by atoms with Crippen LogP contribution in [0.3, 0.4) is 0 Å². The lowest BCUT2D eigenvalue weighted by molar-refractivity contribution is -0.973. The van der Waals surface area contributed by atoms with Crippen molar-refractivity contribution in [2.75, 3.05) is 6.54 Å². The van der Waals surface area contributed by atoms with Gasteiger partial charge in [-0.3, -0.25) is 4.48 Å². The van der Waals surface area contributed by atoms with Gasteiger partial charge in [0.1, 0.15) is 0 Å². The van der Waals surface area contributed by atoms with Gasteiger partial charge in [0.25, 0.3) is 0 Å². The van der Waals surface area contributed by atoms with Gasteiger partial charge in [-0.05, 0) is 38.5 Å². The number of nitrogens with zero attached hydrogens (tertiary/aromatic N) is 1.